The third-order valence-corrected chi connectivity index (χ3v) is 6.19. The summed E-state index contributed by atoms with van der Waals surface area (Å²) < 4.78 is 12.7. The quantitative estimate of drug-likeness (QED) is 0.695. The van der Waals surface area contributed by atoms with Crippen LogP contribution in [0.15, 0.2) is 42.7 Å². The van der Waals surface area contributed by atoms with E-state index in [2.05, 4.69) is 20.4 Å². The average molecular weight is 411 g/mol. The van der Waals surface area contributed by atoms with Crippen LogP contribution in [-0.2, 0) is 11.3 Å². The van der Waals surface area contributed by atoms with Gasteiger partial charge in [-0.15, -0.1) is 10.2 Å². The molecule has 2 aliphatic heterocycles. The zero-order chi connectivity index (χ0) is 19.6. The summed E-state index contributed by atoms with van der Waals surface area (Å²) in [6, 6.07) is 9.67. The molecule has 5 rings (SSSR count). The van der Waals surface area contributed by atoms with E-state index in [9.17, 15) is 4.79 Å². The first-order valence-electron chi connectivity index (χ1n) is 9.64. The standard InChI is InChI=1S/C20H21N5O3S/c26-18(21-11-14-5-6-16-17(10-14)28-13-27-16)15-4-3-9-25(12-15)20-23-22-19(29-20)24-7-1-2-8-24/h1-2,5-8,10,15H,3-4,9,11-13H2,(H,21,26)/t15-/m1/s1. The van der Waals surface area contributed by atoms with E-state index in [1.807, 2.05) is 47.3 Å². The summed E-state index contributed by atoms with van der Waals surface area (Å²) in [6.07, 6.45) is 5.74. The maximum absolute atomic E-state index is 12.7. The Labute approximate surface area is 172 Å². The molecule has 1 aromatic carbocycles. The molecule has 4 heterocycles. The Kier molecular flexibility index (Phi) is 4.81. The highest BCUT2D eigenvalue weighted by atomic mass is 32.1. The van der Waals surface area contributed by atoms with Crippen molar-refractivity contribution in [2.75, 3.05) is 24.8 Å². The number of hydrogen-bond acceptors (Lipinski definition) is 7. The van der Waals surface area contributed by atoms with Gasteiger partial charge in [-0.1, -0.05) is 17.4 Å². The zero-order valence-electron chi connectivity index (χ0n) is 15.8. The van der Waals surface area contributed by atoms with Gasteiger partial charge in [-0.25, -0.2) is 0 Å². The van der Waals surface area contributed by atoms with Crippen LogP contribution in [0, 0.1) is 5.92 Å². The number of carbonyl (C=O) groups excluding carboxylic acids is 1. The van der Waals surface area contributed by atoms with Gasteiger partial charge in [0, 0.05) is 32.0 Å². The van der Waals surface area contributed by atoms with E-state index in [-0.39, 0.29) is 18.6 Å². The molecular formula is C20H21N5O3S. The van der Waals surface area contributed by atoms with E-state index >= 15 is 0 Å². The molecule has 150 valence electrons. The predicted octanol–water partition coefficient (Wildman–Crippen LogP) is 2.59. The summed E-state index contributed by atoms with van der Waals surface area (Å²) in [7, 11) is 0. The molecule has 2 aromatic heterocycles. The molecular weight excluding hydrogens is 390 g/mol. The van der Waals surface area contributed by atoms with E-state index in [0.717, 1.165) is 46.7 Å². The van der Waals surface area contributed by atoms with Crippen molar-refractivity contribution in [1.29, 1.82) is 0 Å². The molecule has 0 spiro atoms. The Hall–Kier alpha value is -3.07. The minimum absolute atomic E-state index is 0.0586. The number of carbonyl (C=O) groups is 1. The molecule has 1 amide bonds. The van der Waals surface area contributed by atoms with E-state index in [4.69, 9.17) is 9.47 Å². The second-order valence-corrected chi connectivity index (χ2v) is 8.08. The van der Waals surface area contributed by atoms with Crippen LogP contribution in [0.1, 0.15) is 18.4 Å². The minimum Gasteiger partial charge on any atom is -0.454 e. The lowest BCUT2D eigenvalue weighted by Crippen LogP contribution is -2.43. The maximum atomic E-state index is 12.7. The van der Waals surface area contributed by atoms with Gasteiger partial charge in [-0.05, 0) is 42.7 Å². The van der Waals surface area contributed by atoms with Crippen LogP contribution in [0.3, 0.4) is 0 Å². The predicted molar refractivity (Wildman–Crippen MR) is 109 cm³/mol. The van der Waals surface area contributed by atoms with Crippen LogP contribution in [-0.4, -0.2) is 40.6 Å². The maximum Gasteiger partial charge on any atom is 0.231 e. The summed E-state index contributed by atoms with van der Waals surface area (Å²) in [5, 5.41) is 13.4. The van der Waals surface area contributed by atoms with Gasteiger partial charge in [0.2, 0.25) is 23.0 Å². The number of benzene rings is 1. The van der Waals surface area contributed by atoms with Gasteiger partial charge in [-0.3, -0.25) is 9.36 Å². The Morgan fingerprint density at radius 1 is 1.17 bits per heavy atom. The van der Waals surface area contributed by atoms with E-state index in [1.165, 1.54) is 0 Å². The number of nitrogens with zero attached hydrogens (tertiary/aromatic N) is 4. The summed E-state index contributed by atoms with van der Waals surface area (Å²) in [4.78, 5) is 14.9. The fourth-order valence-corrected chi connectivity index (χ4v) is 4.50. The van der Waals surface area contributed by atoms with Crippen molar-refractivity contribution in [3.05, 3.63) is 48.3 Å². The molecule has 1 atom stereocenters. The Balaban J connectivity index is 1.20. The number of fused-ring (bicyclic) bond motifs is 1. The number of hydrogen-bond donors (Lipinski definition) is 1. The van der Waals surface area contributed by atoms with Crippen LogP contribution >= 0.6 is 11.3 Å². The molecule has 9 heteroatoms. The van der Waals surface area contributed by atoms with Gasteiger partial charge in [0.05, 0.1) is 5.92 Å². The van der Waals surface area contributed by atoms with Crippen molar-refractivity contribution in [1.82, 2.24) is 20.1 Å². The third kappa shape index (κ3) is 3.77. The van der Waals surface area contributed by atoms with E-state index in [0.29, 0.717) is 13.1 Å². The fourth-order valence-electron chi connectivity index (χ4n) is 3.65. The molecule has 0 aliphatic carbocycles. The van der Waals surface area contributed by atoms with Gasteiger partial charge >= 0.3 is 0 Å². The summed E-state index contributed by atoms with van der Waals surface area (Å²) in [5.74, 6) is 1.49. The van der Waals surface area contributed by atoms with Crippen molar-refractivity contribution in [3.8, 4) is 16.6 Å². The number of amides is 1. The first kappa shape index (κ1) is 18.0. The van der Waals surface area contributed by atoms with Gasteiger partial charge in [0.15, 0.2) is 11.5 Å². The van der Waals surface area contributed by atoms with Crippen LogP contribution in [0.5, 0.6) is 11.5 Å². The molecule has 2 aliphatic rings. The number of aromatic nitrogens is 3. The van der Waals surface area contributed by atoms with Crippen LogP contribution < -0.4 is 19.7 Å². The highest BCUT2D eigenvalue weighted by molar-refractivity contribution is 7.17. The van der Waals surface area contributed by atoms with Gasteiger partial charge < -0.3 is 19.7 Å². The third-order valence-electron chi connectivity index (χ3n) is 5.20. The first-order valence-corrected chi connectivity index (χ1v) is 10.5. The van der Waals surface area contributed by atoms with Crippen molar-refractivity contribution in [3.63, 3.8) is 0 Å². The summed E-state index contributed by atoms with van der Waals surface area (Å²) in [5.41, 5.74) is 0.996. The molecule has 0 bridgehead atoms. The largest absolute Gasteiger partial charge is 0.454 e. The highest BCUT2D eigenvalue weighted by Crippen LogP contribution is 2.32. The monoisotopic (exact) mass is 411 g/mol. The number of rotatable bonds is 5. The first-order chi connectivity index (χ1) is 14.3. The molecule has 3 aromatic rings. The number of piperidine rings is 1. The molecule has 0 saturated carbocycles. The minimum atomic E-state index is -0.0586. The van der Waals surface area contributed by atoms with Crippen LogP contribution in [0.4, 0.5) is 5.13 Å². The normalized spacial score (nSPS) is 18.1. The van der Waals surface area contributed by atoms with Crippen molar-refractivity contribution < 1.29 is 14.3 Å². The SMILES string of the molecule is O=C(NCc1ccc2c(c1)OCO2)[C@@H]1CCCN(c2nnc(-n3cccc3)s2)C1. The number of anilines is 1. The molecule has 8 nitrogen and oxygen atoms in total. The molecule has 0 unspecified atom stereocenters. The smallest absolute Gasteiger partial charge is 0.231 e. The lowest BCUT2D eigenvalue weighted by atomic mass is 9.97. The van der Waals surface area contributed by atoms with Crippen molar-refractivity contribution in [2.45, 2.75) is 19.4 Å². The van der Waals surface area contributed by atoms with Crippen molar-refractivity contribution in [2.24, 2.45) is 5.92 Å². The zero-order valence-corrected chi connectivity index (χ0v) is 16.6. The molecule has 0 radical (unpaired) electrons. The average Bonchev–Trinajstić information content (AvgIpc) is 3.52. The van der Waals surface area contributed by atoms with E-state index < -0.39 is 0 Å². The van der Waals surface area contributed by atoms with Gasteiger partial charge in [-0.2, -0.15) is 0 Å². The summed E-state index contributed by atoms with van der Waals surface area (Å²) in [6.45, 7) is 2.28. The molecule has 1 fully saturated rings. The molecule has 29 heavy (non-hydrogen) atoms. The van der Waals surface area contributed by atoms with Crippen LogP contribution in [0.25, 0.3) is 5.13 Å². The molecule has 1 saturated heterocycles. The fraction of sp³-hybridized carbons (Fsp3) is 0.350. The van der Waals surface area contributed by atoms with Gasteiger partial charge in [0.25, 0.3) is 0 Å². The number of ether oxygens (including phenoxy) is 2. The Bertz CT molecular complexity index is 1000. The van der Waals surface area contributed by atoms with Gasteiger partial charge in [0.1, 0.15) is 0 Å². The van der Waals surface area contributed by atoms with Crippen LogP contribution in [0.2, 0.25) is 0 Å². The second kappa shape index (κ2) is 7.75. The number of nitrogens with one attached hydrogen (secondary N) is 1. The lowest BCUT2D eigenvalue weighted by molar-refractivity contribution is -0.125. The Morgan fingerprint density at radius 3 is 2.90 bits per heavy atom. The van der Waals surface area contributed by atoms with E-state index in [1.54, 1.807) is 11.3 Å². The van der Waals surface area contributed by atoms with Crippen molar-refractivity contribution >= 4 is 22.4 Å². The Morgan fingerprint density at radius 2 is 2.00 bits per heavy atom. The molecule has 1 N–H and O–H groups in total. The second-order valence-electron chi connectivity index (χ2n) is 7.15. The topological polar surface area (TPSA) is 81.5 Å². The summed E-state index contributed by atoms with van der Waals surface area (Å²) >= 11 is 1.54. The lowest BCUT2D eigenvalue weighted by Gasteiger charge is -2.31. The highest BCUT2D eigenvalue weighted by Gasteiger charge is 2.27.